The zero-order valence-corrected chi connectivity index (χ0v) is 24.2. The van der Waals surface area contributed by atoms with Crippen LogP contribution < -0.4 is 24.8 Å². The summed E-state index contributed by atoms with van der Waals surface area (Å²) in [5.74, 6) is 0.967. The van der Waals surface area contributed by atoms with Crippen LogP contribution in [0.4, 0.5) is 11.6 Å². The monoisotopic (exact) mass is 567 g/mol. The summed E-state index contributed by atoms with van der Waals surface area (Å²) in [7, 11) is 2.92. The highest BCUT2D eigenvalue weighted by Gasteiger charge is 2.32. The summed E-state index contributed by atoms with van der Waals surface area (Å²) in [5.41, 5.74) is 2.93. The lowest BCUT2D eigenvalue weighted by atomic mass is 9.94. The maximum Gasteiger partial charge on any atom is 0.291 e. The average Bonchev–Trinajstić information content (AvgIpc) is 3.56. The van der Waals surface area contributed by atoms with Gasteiger partial charge in [0.2, 0.25) is 17.7 Å². The van der Waals surface area contributed by atoms with Gasteiger partial charge in [-0.15, -0.1) is 0 Å². The number of benzene rings is 1. The molecule has 5 rings (SSSR count). The molecule has 12 nitrogen and oxygen atoms in total. The molecule has 220 valence electrons. The Morgan fingerprint density at radius 2 is 1.83 bits per heavy atom. The topological polar surface area (TPSA) is 129 Å². The van der Waals surface area contributed by atoms with E-state index in [1.807, 2.05) is 26.8 Å². The predicted octanol–water partition coefficient (Wildman–Crippen LogP) is 4.34. The van der Waals surface area contributed by atoms with E-state index in [-0.39, 0.29) is 29.2 Å². The summed E-state index contributed by atoms with van der Waals surface area (Å²) in [6, 6.07) is 7.14. The maximum atomic E-state index is 13.1. The number of morpholine rings is 1. The largest absolute Gasteiger partial charge is 0.479 e. The number of fused-ring (bicyclic) bond motifs is 1. The molecule has 0 radical (unpaired) electrons. The van der Waals surface area contributed by atoms with Crippen molar-refractivity contribution in [3.05, 3.63) is 46.7 Å². The minimum Gasteiger partial charge on any atom is -0.479 e. The standard InChI is InChI=1S/C29H37N5O7/c1-18-15-19-17-39-29(2,3)20(19)16-22(18)41-23-8-7-21(40-23)25(35)31-24-26(36-4)32-28(33-27(24)37-5)30-9-6-10-34-11-13-38-14-12-34/h7-8,15-16H,6,9-14,17H2,1-5H3,(H,31,35)(H,30,32,33). The van der Waals surface area contributed by atoms with Crippen LogP contribution in [0.1, 0.15) is 47.5 Å². The molecule has 1 amide bonds. The van der Waals surface area contributed by atoms with E-state index in [1.54, 1.807) is 6.07 Å². The van der Waals surface area contributed by atoms with Crippen LogP contribution in [-0.2, 0) is 21.7 Å². The summed E-state index contributed by atoms with van der Waals surface area (Å²) in [4.78, 5) is 24.3. The van der Waals surface area contributed by atoms with Gasteiger partial charge in [-0.05, 0) is 68.6 Å². The minimum absolute atomic E-state index is 0.0388. The van der Waals surface area contributed by atoms with Gasteiger partial charge in [0.15, 0.2) is 11.4 Å². The van der Waals surface area contributed by atoms with Gasteiger partial charge in [0, 0.05) is 25.7 Å². The highest BCUT2D eigenvalue weighted by atomic mass is 16.6. The number of carbonyl (C=O) groups excluding carboxylic acids is 1. The first-order valence-electron chi connectivity index (χ1n) is 13.7. The van der Waals surface area contributed by atoms with Crippen molar-refractivity contribution >= 4 is 17.5 Å². The number of carbonyl (C=O) groups is 1. The highest BCUT2D eigenvalue weighted by Crippen LogP contribution is 2.40. The zero-order valence-electron chi connectivity index (χ0n) is 24.2. The number of rotatable bonds is 11. The van der Waals surface area contributed by atoms with E-state index in [9.17, 15) is 4.79 Å². The van der Waals surface area contributed by atoms with Crippen LogP contribution in [0.5, 0.6) is 23.5 Å². The number of hydrogen-bond donors (Lipinski definition) is 2. The van der Waals surface area contributed by atoms with Gasteiger partial charge in [0.1, 0.15) is 5.75 Å². The van der Waals surface area contributed by atoms with Crippen LogP contribution in [0, 0.1) is 6.92 Å². The van der Waals surface area contributed by atoms with Gasteiger partial charge >= 0.3 is 0 Å². The van der Waals surface area contributed by atoms with Gasteiger partial charge in [-0.25, -0.2) is 0 Å². The number of amides is 1. The van der Waals surface area contributed by atoms with E-state index in [0.29, 0.717) is 24.8 Å². The molecule has 1 fully saturated rings. The fourth-order valence-electron chi connectivity index (χ4n) is 4.88. The summed E-state index contributed by atoms with van der Waals surface area (Å²) in [5, 5.41) is 5.94. The summed E-state index contributed by atoms with van der Waals surface area (Å²) >= 11 is 0. The van der Waals surface area contributed by atoms with E-state index in [2.05, 4.69) is 31.6 Å². The molecule has 0 aliphatic carbocycles. The van der Waals surface area contributed by atoms with E-state index in [4.69, 9.17) is 28.1 Å². The number of furan rings is 1. The molecule has 1 saturated heterocycles. The second-order valence-corrected chi connectivity index (χ2v) is 10.4. The third kappa shape index (κ3) is 6.55. The Labute approximate surface area is 239 Å². The maximum absolute atomic E-state index is 13.1. The van der Waals surface area contributed by atoms with Crippen LogP contribution in [0.25, 0.3) is 0 Å². The highest BCUT2D eigenvalue weighted by molar-refractivity contribution is 6.03. The van der Waals surface area contributed by atoms with E-state index in [0.717, 1.165) is 56.0 Å². The number of methoxy groups -OCH3 is 2. The molecular formula is C29H37N5O7. The van der Waals surface area contributed by atoms with Crippen molar-refractivity contribution in [1.29, 1.82) is 0 Å². The normalized spacial score (nSPS) is 16.2. The fraction of sp³-hybridized carbons (Fsp3) is 0.483. The molecule has 41 heavy (non-hydrogen) atoms. The first kappa shape index (κ1) is 28.7. The third-order valence-electron chi connectivity index (χ3n) is 7.16. The van der Waals surface area contributed by atoms with E-state index in [1.165, 1.54) is 20.3 Å². The zero-order chi connectivity index (χ0) is 29.0. The quantitative estimate of drug-likeness (QED) is 0.321. The number of aryl methyl sites for hydroxylation is 1. The van der Waals surface area contributed by atoms with Gasteiger partial charge in [-0.3, -0.25) is 9.69 Å². The molecule has 12 heteroatoms. The molecular weight excluding hydrogens is 530 g/mol. The Morgan fingerprint density at radius 3 is 2.54 bits per heavy atom. The smallest absolute Gasteiger partial charge is 0.291 e. The van der Waals surface area contributed by atoms with E-state index < -0.39 is 11.5 Å². The molecule has 0 saturated carbocycles. The van der Waals surface area contributed by atoms with Gasteiger partial charge in [0.25, 0.3) is 11.9 Å². The Bertz CT molecular complexity index is 1360. The van der Waals surface area contributed by atoms with Gasteiger partial charge < -0.3 is 38.7 Å². The number of aromatic nitrogens is 2. The number of anilines is 2. The van der Waals surface area contributed by atoms with Gasteiger partial charge in [-0.2, -0.15) is 9.97 Å². The number of hydrogen-bond acceptors (Lipinski definition) is 11. The van der Waals surface area contributed by atoms with Crippen LogP contribution in [0.3, 0.4) is 0 Å². The Balaban J connectivity index is 1.23. The van der Waals surface area contributed by atoms with Crippen LogP contribution in [0.15, 0.2) is 28.7 Å². The first-order chi connectivity index (χ1) is 19.8. The minimum atomic E-state index is -0.536. The van der Waals surface area contributed by atoms with Crippen molar-refractivity contribution in [1.82, 2.24) is 14.9 Å². The van der Waals surface area contributed by atoms with Gasteiger partial charge in [-0.1, -0.05) is 0 Å². The molecule has 2 aliphatic heterocycles. The van der Waals surface area contributed by atoms with Gasteiger partial charge in [0.05, 0.1) is 39.6 Å². The molecule has 4 heterocycles. The second kappa shape index (κ2) is 12.3. The molecule has 2 aromatic heterocycles. The SMILES string of the molecule is COc1nc(NCCCN2CCOCC2)nc(OC)c1NC(=O)c1ccc(Oc2cc3c(cc2C)COC3(C)C)o1. The Kier molecular flexibility index (Phi) is 8.62. The second-order valence-electron chi connectivity index (χ2n) is 10.4. The first-order valence-corrected chi connectivity index (χ1v) is 13.7. The predicted molar refractivity (Wildman–Crippen MR) is 151 cm³/mol. The van der Waals surface area contributed by atoms with Crippen molar-refractivity contribution < 1.29 is 32.9 Å². The van der Waals surface area contributed by atoms with Crippen molar-refractivity contribution in [3.63, 3.8) is 0 Å². The van der Waals surface area contributed by atoms with Crippen molar-refractivity contribution in [2.45, 2.75) is 39.4 Å². The molecule has 2 N–H and O–H groups in total. The summed E-state index contributed by atoms with van der Waals surface area (Å²) < 4.78 is 33.9. The van der Waals surface area contributed by atoms with Crippen molar-refractivity contribution in [2.75, 3.05) is 64.2 Å². The lowest BCUT2D eigenvalue weighted by Crippen LogP contribution is -2.37. The lowest BCUT2D eigenvalue weighted by Gasteiger charge is -2.26. The van der Waals surface area contributed by atoms with Crippen molar-refractivity contribution in [2.24, 2.45) is 0 Å². The van der Waals surface area contributed by atoms with Crippen LogP contribution >= 0.6 is 0 Å². The summed E-state index contributed by atoms with van der Waals surface area (Å²) in [6.07, 6.45) is 0.909. The van der Waals surface area contributed by atoms with Crippen molar-refractivity contribution in [3.8, 4) is 23.5 Å². The molecule has 0 bridgehead atoms. The van der Waals surface area contributed by atoms with Crippen LogP contribution in [0.2, 0.25) is 0 Å². The molecule has 0 spiro atoms. The average molecular weight is 568 g/mol. The Hall–Kier alpha value is -3.87. The third-order valence-corrected chi connectivity index (χ3v) is 7.16. The molecule has 0 atom stereocenters. The number of ether oxygens (including phenoxy) is 5. The fourth-order valence-corrected chi connectivity index (χ4v) is 4.88. The number of nitrogens with zero attached hydrogens (tertiary/aromatic N) is 3. The molecule has 0 unspecified atom stereocenters. The van der Waals surface area contributed by atoms with E-state index >= 15 is 0 Å². The molecule has 2 aliphatic rings. The molecule has 3 aromatic rings. The lowest BCUT2D eigenvalue weighted by molar-refractivity contribution is -0.00795. The molecule has 1 aromatic carbocycles. The van der Waals surface area contributed by atoms with Crippen LogP contribution in [-0.4, -0.2) is 74.4 Å². The summed E-state index contributed by atoms with van der Waals surface area (Å²) in [6.45, 7) is 11.6. The number of nitrogens with one attached hydrogen (secondary N) is 2. The Morgan fingerprint density at radius 1 is 1.10 bits per heavy atom.